The van der Waals surface area contributed by atoms with Crippen LogP contribution < -0.4 is 0 Å². The molecule has 1 aromatic carbocycles. The number of carboxylic acids is 1. The molecule has 1 saturated heterocycles. The van der Waals surface area contributed by atoms with E-state index in [4.69, 9.17) is 0 Å². The van der Waals surface area contributed by atoms with Gasteiger partial charge in [0.2, 0.25) is 0 Å². The number of benzene rings is 1. The standard InChI is InChI=1S/C19H23NO3/c1-11-16-17(21)14-6-5-13(18(22)23)9-15(14)19(11,2)7-8-20(16)10-12-3-4-12/h5-6,9,11-12,16H,3-4,7-8,10H2,1-2H3,(H,22,23)/t11-,16-,19+/m0/s1. The molecule has 1 N–H and O–H groups in total. The van der Waals surface area contributed by atoms with Gasteiger partial charge in [-0.3, -0.25) is 9.69 Å². The monoisotopic (exact) mass is 313 g/mol. The van der Waals surface area contributed by atoms with E-state index in [2.05, 4.69) is 18.7 Å². The number of piperidine rings is 1. The van der Waals surface area contributed by atoms with Crippen molar-refractivity contribution >= 4 is 11.8 Å². The van der Waals surface area contributed by atoms with Crippen LogP contribution in [0.2, 0.25) is 0 Å². The minimum atomic E-state index is -0.926. The molecular formula is C19H23NO3. The summed E-state index contributed by atoms with van der Waals surface area (Å²) < 4.78 is 0. The zero-order valence-electron chi connectivity index (χ0n) is 13.7. The van der Waals surface area contributed by atoms with Gasteiger partial charge in [0.1, 0.15) is 0 Å². The number of likely N-dealkylation sites (tertiary alicyclic amines) is 1. The number of ketones is 1. The molecule has 3 aliphatic rings. The van der Waals surface area contributed by atoms with Crippen molar-refractivity contribution in [3.8, 4) is 0 Å². The highest BCUT2D eigenvalue weighted by Crippen LogP contribution is 2.49. The number of carbonyl (C=O) groups is 2. The Morgan fingerprint density at radius 3 is 2.78 bits per heavy atom. The fourth-order valence-corrected chi connectivity index (χ4v) is 4.54. The van der Waals surface area contributed by atoms with Gasteiger partial charge in [0.05, 0.1) is 11.6 Å². The number of fused-ring (bicyclic) bond motifs is 4. The SMILES string of the molecule is C[C@H]1[C@H]2C(=O)c3ccc(C(=O)O)cc3[C@]1(C)CCN2CC1CC1. The lowest BCUT2D eigenvalue weighted by atomic mass is 9.58. The van der Waals surface area contributed by atoms with Crippen LogP contribution in [0.4, 0.5) is 0 Å². The highest BCUT2D eigenvalue weighted by Gasteiger charge is 2.52. The van der Waals surface area contributed by atoms with Crippen molar-refractivity contribution in [1.82, 2.24) is 4.90 Å². The first-order chi connectivity index (χ1) is 10.9. The molecule has 0 radical (unpaired) electrons. The lowest BCUT2D eigenvalue weighted by Crippen LogP contribution is -2.61. The summed E-state index contributed by atoms with van der Waals surface area (Å²) >= 11 is 0. The first-order valence-corrected chi connectivity index (χ1v) is 8.58. The third-order valence-corrected chi connectivity index (χ3v) is 6.40. The summed E-state index contributed by atoms with van der Waals surface area (Å²) in [5.74, 6) is 0.251. The summed E-state index contributed by atoms with van der Waals surface area (Å²) in [5.41, 5.74) is 1.85. The Labute approximate surface area is 136 Å². The predicted molar refractivity (Wildman–Crippen MR) is 86.9 cm³/mol. The van der Waals surface area contributed by atoms with Crippen molar-refractivity contribution in [2.45, 2.75) is 44.6 Å². The van der Waals surface area contributed by atoms with E-state index < -0.39 is 5.97 Å². The zero-order valence-corrected chi connectivity index (χ0v) is 13.7. The van der Waals surface area contributed by atoms with Crippen LogP contribution in [0.25, 0.3) is 0 Å². The van der Waals surface area contributed by atoms with Crippen molar-refractivity contribution < 1.29 is 14.7 Å². The molecule has 1 saturated carbocycles. The average molecular weight is 313 g/mol. The van der Waals surface area contributed by atoms with Crippen molar-refractivity contribution in [2.75, 3.05) is 13.1 Å². The van der Waals surface area contributed by atoms with Crippen molar-refractivity contribution in [3.63, 3.8) is 0 Å². The topological polar surface area (TPSA) is 57.6 Å². The molecule has 4 nitrogen and oxygen atoms in total. The Bertz CT molecular complexity index is 694. The summed E-state index contributed by atoms with van der Waals surface area (Å²) in [6, 6.07) is 4.99. The molecule has 1 aliphatic heterocycles. The maximum absolute atomic E-state index is 13.1. The Hall–Kier alpha value is -1.68. The van der Waals surface area contributed by atoms with Gasteiger partial charge in [-0.2, -0.15) is 0 Å². The summed E-state index contributed by atoms with van der Waals surface area (Å²) in [5, 5.41) is 9.28. The van der Waals surface area contributed by atoms with E-state index in [1.54, 1.807) is 18.2 Å². The molecule has 23 heavy (non-hydrogen) atoms. The second-order valence-corrected chi connectivity index (χ2v) is 7.77. The van der Waals surface area contributed by atoms with E-state index >= 15 is 0 Å². The van der Waals surface area contributed by atoms with Crippen LogP contribution in [0, 0.1) is 11.8 Å². The third kappa shape index (κ3) is 2.15. The summed E-state index contributed by atoms with van der Waals surface area (Å²) in [7, 11) is 0. The van der Waals surface area contributed by atoms with Crippen LogP contribution in [-0.4, -0.2) is 40.9 Å². The fraction of sp³-hybridized carbons (Fsp3) is 0.579. The van der Waals surface area contributed by atoms with Gasteiger partial charge in [0, 0.05) is 12.1 Å². The van der Waals surface area contributed by atoms with Crippen LogP contribution >= 0.6 is 0 Å². The number of Topliss-reactive ketones (excluding diaryl/α,β-unsaturated/α-hetero) is 1. The number of aromatic carboxylic acids is 1. The summed E-state index contributed by atoms with van der Waals surface area (Å²) in [6.45, 7) is 6.35. The second-order valence-electron chi connectivity index (χ2n) is 7.77. The first-order valence-electron chi connectivity index (χ1n) is 8.58. The molecule has 3 atom stereocenters. The molecule has 1 aromatic rings. The molecule has 2 bridgehead atoms. The predicted octanol–water partition coefficient (Wildman–Crippen LogP) is 2.96. The lowest BCUT2D eigenvalue weighted by molar-refractivity contribution is 0.0265. The number of rotatable bonds is 3. The summed E-state index contributed by atoms with van der Waals surface area (Å²) in [4.78, 5) is 26.8. The average Bonchev–Trinajstić information content (AvgIpc) is 3.33. The molecular weight excluding hydrogens is 290 g/mol. The van der Waals surface area contributed by atoms with Gasteiger partial charge in [-0.15, -0.1) is 0 Å². The Morgan fingerprint density at radius 2 is 2.13 bits per heavy atom. The number of hydrogen-bond acceptors (Lipinski definition) is 3. The molecule has 4 heteroatoms. The molecule has 2 fully saturated rings. The van der Waals surface area contributed by atoms with E-state index in [1.807, 2.05) is 0 Å². The normalized spacial score (nSPS) is 33.4. The molecule has 0 unspecified atom stereocenters. The van der Waals surface area contributed by atoms with Gasteiger partial charge in [-0.05, 0) is 60.8 Å². The van der Waals surface area contributed by atoms with Gasteiger partial charge >= 0.3 is 5.97 Å². The Kier molecular flexibility index (Phi) is 3.17. The Balaban J connectivity index is 1.79. The number of hydrogen-bond donors (Lipinski definition) is 1. The van der Waals surface area contributed by atoms with Crippen LogP contribution in [0.15, 0.2) is 18.2 Å². The van der Waals surface area contributed by atoms with E-state index in [0.717, 1.165) is 36.6 Å². The molecule has 0 amide bonds. The van der Waals surface area contributed by atoms with Crippen LogP contribution in [0.1, 0.15) is 59.4 Å². The van der Waals surface area contributed by atoms with Crippen molar-refractivity contribution in [3.05, 3.63) is 34.9 Å². The highest BCUT2D eigenvalue weighted by atomic mass is 16.4. The van der Waals surface area contributed by atoms with E-state index in [-0.39, 0.29) is 28.7 Å². The second kappa shape index (κ2) is 4.91. The Morgan fingerprint density at radius 1 is 1.39 bits per heavy atom. The van der Waals surface area contributed by atoms with Gasteiger partial charge in [0.25, 0.3) is 0 Å². The lowest BCUT2D eigenvalue weighted by Gasteiger charge is -2.53. The number of carboxylic acid groups (broad SMARTS) is 1. The van der Waals surface area contributed by atoms with Crippen molar-refractivity contribution in [2.24, 2.45) is 11.8 Å². The van der Waals surface area contributed by atoms with Gasteiger partial charge in [0.15, 0.2) is 5.78 Å². The fourth-order valence-electron chi connectivity index (χ4n) is 4.54. The number of carbonyl (C=O) groups excluding carboxylic acids is 1. The molecule has 4 rings (SSSR count). The van der Waals surface area contributed by atoms with Crippen LogP contribution in [-0.2, 0) is 5.41 Å². The minimum absolute atomic E-state index is 0.0440. The first kappa shape index (κ1) is 14.9. The van der Waals surface area contributed by atoms with E-state index in [9.17, 15) is 14.7 Å². The van der Waals surface area contributed by atoms with E-state index in [1.165, 1.54) is 12.8 Å². The zero-order chi connectivity index (χ0) is 16.4. The number of nitrogens with zero attached hydrogens (tertiary/aromatic N) is 1. The van der Waals surface area contributed by atoms with Crippen LogP contribution in [0.5, 0.6) is 0 Å². The third-order valence-electron chi connectivity index (χ3n) is 6.40. The molecule has 122 valence electrons. The largest absolute Gasteiger partial charge is 0.478 e. The smallest absolute Gasteiger partial charge is 0.335 e. The van der Waals surface area contributed by atoms with Crippen LogP contribution in [0.3, 0.4) is 0 Å². The molecule has 0 spiro atoms. The van der Waals surface area contributed by atoms with Gasteiger partial charge < -0.3 is 5.11 Å². The highest BCUT2D eigenvalue weighted by molar-refractivity contribution is 6.04. The van der Waals surface area contributed by atoms with Gasteiger partial charge in [-0.25, -0.2) is 4.79 Å². The quantitative estimate of drug-likeness (QED) is 0.932. The molecule has 2 aliphatic carbocycles. The van der Waals surface area contributed by atoms with Crippen molar-refractivity contribution in [1.29, 1.82) is 0 Å². The maximum Gasteiger partial charge on any atom is 0.335 e. The maximum atomic E-state index is 13.1. The van der Waals surface area contributed by atoms with Gasteiger partial charge in [-0.1, -0.05) is 19.9 Å². The van der Waals surface area contributed by atoms with E-state index in [0.29, 0.717) is 0 Å². The summed E-state index contributed by atoms with van der Waals surface area (Å²) in [6.07, 6.45) is 3.57. The molecule has 1 heterocycles. The minimum Gasteiger partial charge on any atom is -0.478 e. The molecule has 0 aromatic heterocycles.